The van der Waals surface area contributed by atoms with Crippen LogP contribution in [0, 0.1) is 17.6 Å². The van der Waals surface area contributed by atoms with Gasteiger partial charge in [0.05, 0.1) is 0 Å². The number of likely N-dealkylation sites (N-methyl/N-ethyl adjacent to an activating group) is 1. The lowest BCUT2D eigenvalue weighted by Crippen LogP contribution is -2.41. The Kier molecular flexibility index (Phi) is 6.74. The van der Waals surface area contributed by atoms with Crippen LogP contribution >= 0.6 is 15.9 Å². The van der Waals surface area contributed by atoms with Crippen molar-refractivity contribution in [1.29, 1.82) is 0 Å². The van der Waals surface area contributed by atoms with Crippen LogP contribution in [0.1, 0.15) is 30.6 Å². The van der Waals surface area contributed by atoms with Crippen molar-refractivity contribution >= 4 is 21.8 Å². The first-order valence-electron chi connectivity index (χ1n) is 6.81. The van der Waals surface area contributed by atoms with Gasteiger partial charge in [-0.05, 0) is 38.6 Å². The smallest absolute Gasteiger partial charge is 0.257 e. The maximum atomic E-state index is 13.7. The molecule has 0 aliphatic carbocycles. The van der Waals surface area contributed by atoms with Gasteiger partial charge in [0.25, 0.3) is 5.91 Å². The number of hydrogen-bond donors (Lipinski definition) is 1. The molecule has 0 aromatic heterocycles. The van der Waals surface area contributed by atoms with E-state index in [9.17, 15) is 13.6 Å². The molecule has 0 fully saturated rings. The van der Waals surface area contributed by atoms with Crippen molar-refractivity contribution in [3.05, 3.63) is 33.8 Å². The van der Waals surface area contributed by atoms with Gasteiger partial charge in [-0.15, -0.1) is 0 Å². The summed E-state index contributed by atoms with van der Waals surface area (Å²) in [6.45, 7) is 4.53. The summed E-state index contributed by atoms with van der Waals surface area (Å²) in [6.07, 6.45) is 0.887. The Morgan fingerprint density at radius 1 is 1.29 bits per heavy atom. The molecular weight excluding hydrogens is 342 g/mol. The molecule has 1 unspecified atom stereocenters. The molecule has 1 amide bonds. The number of carbonyl (C=O) groups excluding carboxylic acids is 1. The van der Waals surface area contributed by atoms with E-state index in [1.807, 2.05) is 19.0 Å². The first-order chi connectivity index (χ1) is 9.72. The SMILES string of the molecule is CC(C)CC(CNC(=O)c1c(F)cc(Br)cc1F)N(C)C. The van der Waals surface area contributed by atoms with Crippen LogP contribution in [0.3, 0.4) is 0 Å². The monoisotopic (exact) mass is 362 g/mol. The number of hydrogen-bond acceptors (Lipinski definition) is 2. The first kappa shape index (κ1) is 18.0. The minimum absolute atomic E-state index is 0.121. The van der Waals surface area contributed by atoms with Gasteiger partial charge < -0.3 is 10.2 Å². The van der Waals surface area contributed by atoms with Gasteiger partial charge in [-0.2, -0.15) is 0 Å². The van der Waals surface area contributed by atoms with Gasteiger partial charge in [0.2, 0.25) is 0 Å². The van der Waals surface area contributed by atoms with Gasteiger partial charge in [0.1, 0.15) is 17.2 Å². The molecule has 0 radical (unpaired) electrons. The molecule has 1 rings (SSSR count). The van der Waals surface area contributed by atoms with Crippen LogP contribution in [0.4, 0.5) is 8.78 Å². The van der Waals surface area contributed by atoms with E-state index in [1.165, 1.54) is 0 Å². The fourth-order valence-corrected chi connectivity index (χ4v) is 2.48. The number of halogens is 3. The van der Waals surface area contributed by atoms with Gasteiger partial charge in [-0.1, -0.05) is 29.8 Å². The molecule has 3 nitrogen and oxygen atoms in total. The van der Waals surface area contributed by atoms with Crippen molar-refractivity contribution in [3.8, 4) is 0 Å². The molecule has 1 aromatic rings. The highest BCUT2D eigenvalue weighted by atomic mass is 79.9. The van der Waals surface area contributed by atoms with Crippen molar-refractivity contribution < 1.29 is 13.6 Å². The predicted octanol–water partition coefficient (Wildman–Crippen LogP) is 3.43. The normalized spacial score (nSPS) is 12.8. The second-order valence-electron chi connectivity index (χ2n) is 5.70. The molecule has 1 aromatic carbocycles. The quantitative estimate of drug-likeness (QED) is 0.840. The molecule has 0 heterocycles. The minimum Gasteiger partial charge on any atom is -0.350 e. The zero-order chi connectivity index (χ0) is 16.2. The summed E-state index contributed by atoms with van der Waals surface area (Å²) in [5, 5.41) is 2.61. The van der Waals surface area contributed by atoms with Gasteiger partial charge >= 0.3 is 0 Å². The number of rotatable bonds is 6. The Morgan fingerprint density at radius 2 is 1.81 bits per heavy atom. The summed E-state index contributed by atoms with van der Waals surface area (Å²) in [6, 6.07) is 2.28. The Bertz CT molecular complexity index is 483. The molecule has 118 valence electrons. The average molecular weight is 363 g/mol. The highest BCUT2D eigenvalue weighted by molar-refractivity contribution is 9.10. The molecule has 21 heavy (non-hydrogen) atoms. The standard InChI is InChI=1S/C15H21BrF2N2O/c1-9(2)5-11(20(3)4)8-19-15(21)14-12(17)6-10(16)7-13(14)18/h6-7,9,11H,5,8H2,1-4H3,(H,19,21). The highest BCUT2D eigenvalue weighted by Gasteiger charge is 2.20. The van der Waals surface area contributed by atoms with E-state index in [1.54, 1.807) is 0 Å². The van der Waals surface area contributed by atoms with E-state index < -0.39 is 23.1 Å². The van der Waals surface area contributed by atoms with Crippen LogP contribution in [-0.2, 0) is 0 Å². The lowest BCUT2D eigenvalue weighted by molar-refractivity contribution is 0.0930. The summed E-state index contributed by atoms with van der Waals surface area (Å²) < 4.78 is 27.7. The van der Waals surface area contributed by atoms with Crippen LogP contribution in [0.15, 0.2) is 16.6 Å². The first-order valence-corrected chi connectivity index (χ1v) is 7.60. The maximum absolute atomic E-state index is 13.7. The van der Waals surface area contributed by atoms with Crippen LogP contribution in [0.2, 0.25) is 0 Å². The van der Waals surface area contributed by atoms with E-state index in [4.69, 9.17) is 0 Å². The molecule has 1 N–H and O–H groups in total. The van der Waals surface area contributed by atoms with Gasteiger partial charge in [-0.3, -0.25) is 4.79 Å². The summed E-state index contributed by atoms with van der Waals surface area (Å²) in [7, 11) is 3.83. The van der Waals surface area contributed by atoms with E-state index in [-0.39, 0.29) is 10.5 Å². The number of benzene rings is 1. The molecule has 0 spiro atoms. The molecule has 0 aliphatic heterocycles. The van der Waals surface area contributed by atoms with Crippen molar-refractivity contribution in [2.75, 3.05) is 20.6 Å². The fourth-order valence-electron chi connectivity index (χ4n) is 2.08. The summed E-state index contributed by atoms with van der Waals surface area (Å²) in [5.74, 6) is -2.00. The maximum Gasteiger partial charge on any atom is 0.257 e. The molecule has 0 aliphatic rings. The summed E-state index contributed by atoms with van der Waals surface area (Å²) in [5.41, 5.74) is -0.541. The Morgan fingerprint density at radius 3 is 2.24 bits per heavy atom. The average Bonchev–Trinajstić information content (AvgIpc) is 2.32. The third-order valence-electron chi connectivity index (χ3n) is 3.21. The summed E-state index contributed by atoms with van der Waals surface area (Å²) >= 11 is 2.99. The van der Waals surface area contributed by atoms with Crippen LogP contribution < -0.4 is 5.32 Å². The molecule has 0 bridgehead atoms. The zero-order valence-corrected chi connectivity index (χ0v) is 14.3. The second kappa shape index (κ2) is 7.84. The van der Waals surface area contributed by atoms with Gasteiger partial charge in [0, 0.05) is 17.1 Å². The Balaban J connectivity index is 2.77. The van der Waals surface area contributed by atoms with Crippen LogP contribution in [0.5, 0.6) is 0 Å². The highest BCUT2D eigenvalue weighted by Crippen LogP contribution is 2.19. The molecular formula is C15H21BrF2N2O. The Labute approximate surface area is 132 Å². The van der Waals surface area contributed by atoms with Crippen molar-refractivity contribution in [3.63, 3.8) is 0 Å². The third-order valence-corrected chi connectivity index (χ3v) is 3.66. The lowest BCUT2D eigenvalue weighted by Gasteiger charge is -2.26. The van der Waals surface area contributed by atoms with E-state index in [2.05, 4.69) is 35.1 Å². The largest absolute Gasteiger partial charge is 0.350 e. The van der Waals surface area contributed by atoms with E-state index in [0.717, 1.165) is 18.6 Å². The Hall–Kier alpha value is -1.01. The van der Waals surface area contributed by atoms with Crippen molar-refractivity contribution in [2.45, 2.75) is 26.3 Å². The van der Waals surface area contributed by atoms with Gasteiger partial charge in [0.15, 0.2) is 0 Å². The number of carbonyl (C=O) groups is 1. The van der Waals surface area contributed by atoms with E-state index >= 15 is 0 Å². The fraction of sp³-hybridized carbons (Fsp3) is 0.533. The van der Waals surface area contributed by atoms with Gasteiger partial charge in [-0.25, -0.2) is 8.78 Å². The zero-order valence-electron chi connectivity index (χ0n) is 12.7. The predicted molar refractivity (Wildman–Crippen MR) is 83.3 cm³/mol. The molecule has 0 saturated heterocycles. The third kappa shape index (κ3) is 5.36. The van der Waals surface area contributed by atoms with Crippen LogP contribution in [0.25, 0.3) is 0 Å². The van der Waals surface area contributed by atoms with Crippen molar-refractivity contribution in [1.82, 2.24) is 10.2 Å². The summed E-state index contributed by atoms with van der Waals surface area (Å²) in [4.78, 5) is 14.0. The molecule has 1 atom stereocenters. The number of nitrogens with zero attached hydrogens (tertiary/aromatic N) is 1. The number of nitrogens with one attached hydrogen (secondary N) is 1. The second-order valence-corrected chi connectivity index (χ2v) is 6.62. The van der Waals surface area contributed by atoms with Crippen LogP contribution in [-0.4, -0.2) is 37.5 Å². The molecule has 0 saturated carbocycles. The minimum atomic E-state index is -0.871. The van der Waals surface area contributed by atoms with E-state index in [0.29, 0.717) is 12.5 Å². The topological polar surface area (TPSA) is 32.3 Å². The molecule has 6 heteroatoms. The number of amides is 1. The van der Waals surface area contributed by atoms with Crippen molar-refractivity contribution in [2.24, 2.45) is 5.92 Å². The lowest BCUT2D eigenvalue weighted by atomic mass is 10.0.